The molecular weight excluding hydrogens is 306 g/mol. The van der Waals surface area contributed by atoms with Gasteiger partial charge in [0, 0.05) is 44.3 Å². The van der Waals surface area contributed by atoms with Crippen LogP contribution in [0.4, 0.5) is 0 Å². The van der Waals surface area contributed by atoms with Gasteiger partial charge in [0.1, 0.15) is 11.9 Å². The fourth-order valence-electron chi connectivity index (χ4n) is 2.57. The molecule has 5 heteroatoms. The molecule has 0 radical (unpaired) electrons. The number of aliphatic imine (C=N–C) groups is 1. The first kappa shape index (κ1) is 18.0. The molecule has 0 unspecified atom stereocenters. The number of nitrogens with one attached hydrogen (secondary N) is 1. The molecule has 1 aromatic carbocycles. The number of likely N-dealkylation sites (tertiary alicyclic amines) is 1. The largest absolute Gasteiger partial charge is 0.490 e. The minimum absolute atomic E-state index is 0.213. The topological polar surface area (TPSA) is 36.9 Å². The third-order valence-electron chi connectivity index (χ3n) is 4.22. The van der Waals surface area contributed by atoms with E-state index in [1.54, 1.807) is 0 Å². The van der Waals surface area contributed by atoms with Crippen molar-refractivity contribution in [2.45, 2.75) is 37.5 Å². The highest BCUT2D eigenvalue weighted by molar-refractivity contribution is 7.99. The molecule has 0 saturated carbocycles. The van der Waals surface area contributed by atoms with E-state index in [2.05, 4.69) is 35.3 Å². The average Bonchev–Trinajstić information content (AvgIpc) is 2.58. The number of hydrogen-bond acceptors (Lipinski definition) is 3. The number of ether oxygens (including phenoxy) is 1. The lowest BCUT2D eigenvalue weighted by Gasteiger charge is -2.35. The standard InChI is InChI=1S/C18H29N3OS/c1-18(2,23-4)14-20-17(19-3)21-12-10-16(11-13-21)22-15-8-6-5-7-9-15/h5-9,16H,10-14H2,1-4H3,(H,19,20). The summed E-state index contributed by atoms with van der Waals surface area (Å²) in [7, 11) is 1.86. The zero-order chi connectivity index (χ0) is 16.7. The van der Waals surface area contributed by atoms with Crippen LogP contribution in [-0.4, -0.2) is 54.6 Å². The van der Waals surface area contributed by atoms with Crippen LogP contribution in [0.5, 0.6) is 5.75 Å². The molecule has 1 N–H and O–H groups in total. The average molecular weight is 336 g/mol. The van der Waals surface area contributed by atoms with Crippen LogP contribution in [0.3, 0.4) is 0 Å². The molecule has 23 heavy (non-hydrogen) atoms. The number of para-hydroxylation sites is 1. The van der Waals surface area contributed by atoms with Gasteiger partial charge in [0.05, 0.1) is 0 Å². The van der Waals surface area contributed by atoms with Gasteiger partial charge in [-0.25, -0.2) is 0 Å². The normalized spacial score (nSPS) is 17.2. The highest BCUT2D eigenvalue weighted by Gasteiger charge is 2.24. The van der Waals surface area contributed by atoms with Crippen molar-refractivity contribution >= 4 is 17.7 Å². The van der Waals surface area contributed by atoms with Crippen LogP contribution in [0.2, 0.25) is 0 Å². The SMILES string of the molecule is CN=C(NCC(C)(C)SC)N1CCC(Oc2ccccc2)CC1. The van der Waals surface area contributed by atoms with Crippen LogP contribution in [-0.2, 0) is 0 Å². The third kappa shape index (κ3) is 5.65. The van der Waals surface area contributed by atoms with E-state index in [0.717, 1.165) is 44.2 Å². The summed E-state index contributed by atoms with van der Waals surface area (Å²) in [5, 5.41) is 3.51. The molecule has 0 spiro atoms. The van der Waals surface area contributed by atoms with Gasteiger partial charge in [0.2, 0.25) is 0 Å². The first-order chi connectivity index (χ1) is 11.0. The monoisotopic (exact) mass is 335 g/mol. The van der Waals surface area contributed by atoms with Crippen molar-refractivity contribution in [2.24, 2.45) is 4.99 Å². The predicted molar refractivity (Wildman–Crippen MR) is 101 cm³/mol. The van der Waals surface area contributed by atoms with Gasteiger partial charge in [-0.05, 0) is 32.2 Å². The Morgan fingerprint density at radius 1 is 1.30 bits per heavy atom. The van der Waals surface area contributed by atoms with E-state index in [1.807, 2.05) is 49.1 Å². The molecule has 1 saturated heterocycles. The molecule has 1 aliphatic rings. The number of thioether (sulfide) groups is 1. The lowest BCUT2D eigenvalue weighted by molar-refractivity contribution is 0.129. The quantitative estimate of drug-likeness (QED) is 0.662. The Morgan fingerprint density at radius 2 is 1.96 bits per heavy atom. The van der Waals surface area contributed by atoms with Crippen molar-refractivity contribution in [1.29, 1.82) is 0 Å². The molecule has 128 valence electrons. The third-order valence-corrected chi connectivity index (χ3v) is 5.47. The van der Waals surface area contributed by atoms with E-state index in [1.165, 1.54) is 0 Å². The van der Waals surface area contributed by atoms with Crippen LogP contribution < -0.4 is 10.1 Å². The molecule has 4 nitrogen and oxygen atoms in total. The Bertz CT molecular complexity index is 496. The van der Waals surface area contributed by atoms with E-state index in [0.29, 0.717) is 6.10 Å². The Hall–Kier alpha value is -1.36. The summed E-state index contributed by atoms with van der Waals surface area (Å²) in [5.41, 5.74) is 0. The summed E-state index contributed by atoms with van der Waals surface area (Å²) in [6.07, 6.45) is 4.51. The molecule has 0 bridgehead atoms. The fourth-order valence-corrected chi connectivity index (χ4v) is 2.79. The highest BCUT2D eigenvalue weighted by atomic mass is 32.2. The molecule has 1 heterocycles. The van der Waals surface area contributed by atoms with Gasteiger partial charge >= 0.3 is 0 Å². The van der Waals surface area contributed by atoms with Crippen molar-refractivity contribution < 1.29 is 4.74 Å². The number of hydrogen-bond donors (Lipinski definition) is 1. The van der Waals surface area contributed by atoms with Crippen LogP contribution in [0.25, 0.3) is 0 Å². The minimum atomic E-state index is 0.213. The maximum absolute atomic E-state index is 6.06. The lowest BCUT2D eigenvalue weighted by Crippen LogP contribution is -2.49. The summed E-state index contributed by atoms with van der Waals surface area (Å²) >= 11 is 1.87. The molecular formula is C18H29N3OS. The maximum atomic E-state index is 6.06. The zero-order valence-corrected chi connectivity index (χ0v) is 15.5. The van der Waals surface area contributed by atoms with Crippen molar-refractivity contribution in [3.05, 3.63) is 30.3 Å². The first-order valence-electron chi connectivity index (χ1n) is 8.26. The number of guanidine groups is 1. The molecule has 1 fully saturated rings. The fraction of sp³-hybridized carbons (Fsp3) is 0.611. The Kier molecular flexibility index (Phi) is 6.63. The van der Waals surface area contributed by atoms with Gasteiger partial charge in [0.25, 0.3) is 0 Å². The summed E-state index contributed by atoms with van der Waals surface area (Å²) in [6.45, 7) is 7.38. The second-order valence-corrected chi connectivity index (χ2v) is 8.00. The Balaban J connectivity index is 1.80. The summed E-state index contributed by atoms with van der Waals surface area (Å²) in [4.78, 5) is 6.77. The summed E-state index contributed by atoms with van der Waals surface area (Å²) < 4.78 is 6.27. The van der Waals surface area contributed by atoms with E-state index in [-0.39, 0.29) is 4.75 Å². The molecule has 1 aromatic rings. The van der Waals surface area contributed by atoms with Crippen LogP contribution >= 0.6 is 11.8 Å². The lowest BCUT2D eigenvalue weighted by atomic mass is 10.1. The van der Waals surface area contributed by atoms with E-state index < -0.39 is 0 Å². The smallest absolute Gasteiger partial charge is 0.193 e. The van der Waals surface area contributed by atoms with Gasteiger partial charge in [-0.15, -0.1) is 0 Å². The molecule has 2 rings (SSSR count). The van der Waals surface area contributed by atoms with Crippen LogP contribution in [0.1, 0.15) is 26.7 Å². The molecule has 0 aromatic heterocycles. The number of piperidine rings is 1. The molecule has 0 atom stereocenters. The van der Waals surface area contributed by atoms with Crippen molar-refractivity contribution in [1.82, 2.24) is 10.2 Å². The second-order valence-electron chi connectivity index (χ2n) is 6.48. The second kappa shape index (κ2) is 8.48. The van der Waals surface area contributed by atoms with Crippen molar-refractivity contribution in [3.8, 4) is 5.75 Å². The van der Waals surface area contributed by atoms with Crippen LogP contribution in [0, 0.1) is 0 Å². The Labute approximate surface area is 144 Å². The highest BCUT2D eigenvalue weighted by Crippen LogP contribution is 2.21. The summed E-state index contributed by atoms with van der Waals surface area (Å²) in [5.74, 6) is 1.97. The van der Waals surface area contributed by atoms with Gasteiger partial charge in [-0.3, -0.25) is 4.99 Å². The van der Waals surface area contributed by atoms with Crippen LogP contribution in [0.15, 0.2) is 35.3 Å². The number of nitrogens with zero attached hydrogens (tertiary/aromatic N) is 2. The number of benzene rings is 1. The Morgan fingerprint density at radius 3 is 2.52 bits per heavy atom. The van der Waals surface area contributed by atoms with Gasteiger partial charge in [-0.2, -0.15) is 11.8 Å². The molecule has 0 amide bonds. The van der Waals surface area contributed by atoms with Crippen molar-refractivity contribution in [2.75, 3.05) is 32.9 Å². The maximum Gasteiger partial charge on any atom is 0.193 e. The molecule has 0 aliphatic carbocycles. The summed E-state index contributed by atoms with van der Waals surface area (Å²) in [6, 6.07) is 10.1. The van der Waals surface area contributed by atoms with Gasteiger partial charge < -0.3 is 15.0 Å². The number of rotatable bonds is 5. The van der Waals surface area contributed by atoms with E-state index >= 15 is 0 Å². The van der Waals surface area contributed by atoms with Crippen molar-refractivity contribution in [3.63, 3.8) is 0 Å². The predicted octanol–water partition coefficient (Wildman–Crippen LogP) is 3.25. The zero-order valence-electron chi connectivity index (χ0n) is 14.7. The van der Waals surface area contributed by atoms with E-state index in [9.17, 15) is 0 Å². The minimum Gasteiger partial charge on any atom is -0.490 e. The van der Waals surface area contributed by atoms with Gasteiger partial charge in [0.15, 0.2) is 5.96 Å². The van der Waals surface area contributed by atoms with Gasteiger partial charge in [-0.1, -0.05) is 18.2 Å². The first-order valence-corrected chi connectivity index (χ1v) is 9.49. The molecule has 1 aliphatic heterocycles. The van der Waals surface area contributed by atoms with E-state index in [4.69, 9.17) is 4.74 Å².